The second kappa shape index (κ2) is 6.72. The van der Waals surface area contributed by atoms with Crippen LogP contribution in [0.15, 0.2) is 23.2 Å². The number of aromatic nitrogens is 1. The molecule has 0 spiro atoms. The number of carbonyl (C=O) groups excluding carboxylic acids is 1. The first-order valence-corrected chi connectivity index (χ1v) is 8.56. The summed E-state index contributed by atoms with van der Waals surface area (Å²) < 4.78 is 31.4. The lowest BCUT2D eigenvalue weighted by molar-refractivity contribution is -0.149. The van der Waals surface area contributed by atoms with E-state index in [4.69, 9.17) is 16.3 Å². The van der Waals surface area contributed by atoms with Crippen LogP contribution in [0.3, 0.4) is 0 Å². The summed E-state index contributed by atoms with van der Waals surface area (Å²) in [7, 11) is -3.74. The molecule has 1 fully saturated rings. The number of piperidine rings is 1. The first-order chi connectivity index (χ1) is 9.96. The quantitative estimate of drug-likeness (QED) is 0.619. The van der Waals surface area contributed by atoms with Gasteiger partial charge in [0.15, 0.2) is 0 Å². The molecule has 0 bridgehead atoms. The summed E-state index contributed by atoms with van der Waals surface area (Å²) in [5.74, 6) is -0.779. The van der Waals surface area contributed by atoms with Crippen molar-refractivity contribution in [1.82, 2.24) is 9.29 Å². The third-order valence-corrected chi connectivity index (χ3v) is 5.66. The van der Waals surface area contributed by atoms with E-state index in [0.29, 0.717) is 19.4 Å². The summed E-state index contributed by atoms with van der Waals surface area (Å²) >= 11 is 5.87. The molecule has 1 aliphatic heterocycles. The van der Waals surface area contributed by atoms with Crippen molar-refractivity contribution in [1.29, 1.82) is 0 Å². The van der Waals surface area contributed by atoms with Gasteiger partial charge in [-0.05, 0) is 31.9 Å². The lowest BCUT2D eigenvalue weighted by Gasteiger charge is -2.30. The molecule has 0 N–H and O–H groups in total. The van der Waals surface area contributed by atoms with Gasteiger partial charge in [-0.15, -0.1) is 0 Å². The number of rotatable bonds is 4. The van der Waals surface area contributed by atoms with E-state index in [1.807, 2.05) is 0 Å². The van der Waals surface area contributed by atoms with Gasteiger partial charge in [0, 0.05) is 19.3 Å². The van der Waals surface area contributed by atoms with Crippen LogP contribution in [0.4, 0.5) is 0 Å². The number of esters is 1. The van der Waals surface area contributed by atoms with E-state index in [1.165, 1.54) is 22.6 Å². The molecule has 6 nitrogen and oxygen atoms in total. The van der Waals surface area contributed by atoms with Crippen LogP contribution >= 0.6 is 11.6 Å². The van der Waals surface area contributed by atoms with Crippen molar-refractivity contribution < 1.29 is 17.9 Å². The van der Waals surface area contributed by atoms with Gasteiger partial charge in [0.05, 0.1) is 12.5 Å². The summed E-state index contributed by atoms with van der Waals surface area (Å²) in [6.45, 7) is 2.50. The fourth-order valence-electron chi connectivity index (χ4n) is 2.32. The molecule has 21 heavy (non-hydrogen) atoms. The molecule has 1 aromatic heterocycles. The van der Waals surface area contributed by atoms with E-state index in [1.54, 1.807) is 6.92 Å². The summed E-state index contributed by atoms with van der Waals surface area (Å²) in [6, 6.07) is 2.93. The van der Waals surface area contributed by atoms with E-state index in [9.17, 15) is 13.2 Å². The topological polar surface area (TPSA) is 76.6 Å². The fraction of sp³-hybridized carbons (Fsp3) is 0.538. The largest absolute Gasteiger partial charge is 0.466 e. The monoisotopic (exact) mass is 332 g/mol. The molecule has 2 rings (SSSR count). The number of ether oxygens (including phenoxy) is 1. The lowest BCUT2D eigenvalue weighted by atomic mass is 10.0. The van der Waals surface area contributed by atoms with E-state index < -0.39 is 15.9 Å². The first kappa shape index (κ1) is 16.2. The molecule has 0 radical (unpaired) electrons. The zero-order valence-corrected chi connectivity index (χ0v) is 13.2. The zero-order valence-electron chi connectivity index (χ0n) is 11.7. The Morgan fingerprint density at radius 1 is 1.57 bits per heavy atom. The molecule has 1 unspecified atom stereocenters. The summed E-state index contributed by atoms with van der Waals surface area (Å²) in [4.78, 5) is 15.6. The Morgan fingerprint density at radius 3 is 3.00 bits per heavy atom. The predicted octanol–water partition coefficient (Wildman–Crippen LogP) is 1.70. The second-order valence-electron chi connectivity index (χ2n) is 4.75. The van der Waals surface area contributed by atoms with Gasteiger partial charge in [-0.1, -0.05) is 11.6 Å². The summed E-state index contributed by atoms with van der Waals surface area (Å²) in [6.07, 6.45) is 2.67. The Morgan fingerprint density at radius 2 is 2.33 bits per heavy atom. The molecule has 0 aromatic carbocycles. The SMILES string of the molecule is CCOC(=O)C1CCCN(S(=O)(=O)c2cccnc2Cl)C1. The molecule has 116 valence electrons. The van der Waals surface area contributed by atoms with Gasteiger partial charge in [0.2, 0.25) is 10.0 Å². The molecule has 1 saturated heterocycles. The average Bonchev–Trinajstić information content (AvgIpc) is 2.48. The number of pyridine rings is 1. The number of halogens is 1. The summed E-state index contributed by atoms with van der Waals surface area (Å²) in [5.41, 5.74) is 0. The van der Waals surface area contributed by atoms with Crippen molar-refractivity contribution >= 4 is 27.6 Å². The Kier molecular flexibility index (Phi) is 5.18. The minimum atomic E-state index is -3.74. The van der Waals surface area contributed by atoms with Crippen LogP contribution in [0, 0.1) is 5.92 Å². The average molecular weight is 333 g/mol. The van der Waals surface area contributed by atoms with E-state index in [2.05, 4.69) is 4.98 Å². The highest BCUT2D eigenvalue weighted by Gasteiger charge is 2.35. The molecule has 0 saturated carbocycles. The standard InChI is InChI=1S/C13H17ClN2O4S/c1-2-20-13(17)10-5-4-8-16(9-10)21(18,19)11-6-3-7-15-12(11)14/h3,6-7,10H,2,4-5,8-9H2,1H3. The van der Waals surface area contributed by atoms with Crippen molar-refractivity contribution in [3.05, 3.63) is 23.5 Å². The Balaban J connectivity index is 2.21. The molecule has 1 aliphatic rings. The van der Waals surface area contributed by atoms with Crippen molar-refractivity contribution in [2.24, 2.45) is 5.92 Å². The van der Waals surface area contributed by atoms with Crippen LogP contribution in [0.2, 0.25) is 5.15 Å². The third-order valence-electron chi connectivity index (χ3n) is 3.35. The lowest BCUT2D eigenvalue weighted by Crippen LogP contribution is -2.42. The maximum absolute atomic E-state index is 12.6. The first-order valence-electron chi connectivity index (χ1n) is 6.74. The number of carbonyl (C=O) groups is 1. The van der Waals surface area contributed by atoms with Crippen LogP contribution in [-0.2, 0) is 19.6 Å². The van der Waals surface area contributed by atoms with Gasteiger partial charge >= 0.3 is 5.97 Å². The smallest absolute Gasteiger partial charge is 0.310 e. The molecule has 8 heteroatoms. The van der Waals surface area contributed by atoms with Crippen molar-refractivity contribution in [3.8, 4) is 0 Å². The maximum atomic E-state index is 12.6. The summed E-state index contributed by atoms with van der Waals surface area (Å²) in [5, 5.41) is -0.0595. The Bertz CT molecular complexity index is 620. The van der Waals surface area contributed by atoms with Gasteiger partial charge in [-0.2, -0.15) is 4.31 Å². The number of sulfonamides is 1. The highest BCUT2D eigenvalue weighted by atomic mass is 35.5. The zero-order chi connectivity index (χ0) is 15.5. The van der Waals surface area contributed by atoms with Crippen molar-refractivity contribution in [2.75, 3.05) is 19.7 Å². The highest BCUT2D eigenvalue weighted by Crippen LogP contribution is 2.27. The number of hydrogen-bond acceptors (Lipinski definition) is 5. The predicted molar refractivity (Wildman–Crippen MR) is 77.4 cm³/mol. The van der Waals surface area contributed by atoms with Crippen LogP contribution < -0.4 is 0 Å². The highest BCUT2D eigenvalue weighted by molar-refractivity contribution is 7.89. The molecular weight excluding hydrogens is 316 g/mol. The minimum Gasteiger partial charge on any atom is -0.466 e. The Labute approximate surface area is 129 Å². The molecule has 1 aromatic rings. The van der Waals surface area contributed by atoms with E-state index in [0.717, 1.165) is 0 Å². The second-order valence-corrected chi connectivity index (χ2v) is 7.01. The molecular formula is C13H17ClN2O4S. The number of nitrogens with zero attached hydrogens (tertiary/aromatic N) is 2. The third kappa shape index (κ3) is 3.53. The van der Waals surface area contributed by atoms with Crippen LogP contribution in [-0.4, -0.2) is 43.4 Å². The molecule has 0 amide bonds. The molecule has 0 aliphatic carbocycles. The van der Waals surface area contributed by atoms with Gasteiger partial charge in [0.25, 0.3) is 0 Å². The maximum Gasteiger partial charge on any atom is 0.310 e. The van der Waals surface area contributed by atoms with Gasteiger partial charge in [-0.3, -0.25) is 4.79 Å². The van der Waals surface area contributed by atoms with Crippen LogP contribution in [0.5, 0.6) is 0 Å². The van der Waals surface area contributed by atoms with Gasteiger partial charge in [-0.25, -0.2) is 13.4 Å². The van der Waals surface area contributed by atoms with Gasteiger partial charge < -0.3 is 4.74 Å². The molecule has 2 heterocycles. The fourth-order valence-corrected chi connectivity index (χ4v) is 4.27. The molecule has 1 atom stereocenters. The van der Waals surface area contributed by atoms with E-state index in [-0.39, 0.29) is 29.2 Å². The van der Waals surface area contributed by atoms with Crippen molar-refractivity contribution in [2.45, 2.75) is 24.7 Å². The van der Waals surface area contributed by atoms with Crippen molar-refractivity contribution in [3.63, 3.8) is 0 Å². The van der Waals surface area contributed by atoms with Crippen LogP contribution in [0.25, 0.3) is 0 Å². The minimum absolute atomic E-state index is 0.0313. The Hall–Kier alpha value is -1.18. The number of hydrogen-bond donors (Lipinski definition) is 0. The van der Waals surface area contributed by atoms with E-state index >= 15 is 0 Å². The normalized spacial score (nSPS) is 20.2. The van der Waals surface area contributed by atoms with Crippen LogP contribution in [0.1, 0.15) is 19.8 Å². The van der Waals surface area contributed by atoms with Gasteiger partial charge in [0.1, 0.15) is 10.0 Å².